The summed E-state index contributed by atoms with van der Waals surface area (Å²) in [6.07, 6.45) is 3.65. The van der Waals surface area contributed by atoms with E-state index >= 15 is 0 Å². The Hall–Kier alpha value is -3.12. The van der Waals surface area contributed by atoms with E-state index in [0.29, 0.717) is 0 Å². The number of hydrogen-bond donors (Lipinski definition) is 0. The number of nitrogens with zero attached hydrogens (tertiary/aromatic N) is 6. The summed E-state index contributed by atoms with van der Waals surface area (Å²) < 4.78 is 0. The van der Waals surface area contributed by atoms with E-state index in [0.717, 1.165) is 70.9 Å². The molecule has 1 atom stereocenters. The number of anilines is 1. The Labute approximate surface area is 176 Å². The topological polar surface area (TPSA) is 58.0 Å². The summed E-state index contributed by atoms with van der Waals surface area (Å²) in [5.41, 5.74) is 5.02. The first-order valence-electron chi connectivity index (χ1n) is 10.4. The van der Waals surface area contributed by atoms with Crippen LogP contribution in [0.5, 0.6) is 0 Å². The van der Waals surface area contributed by atoms with Crippen molar-refractivity contribution in [3.05, 3.63) is 72.8 Å². The van der Waals surface area contributed by atoms with Gasteiger partial charge in [0.2, 0.25) is 0 Å². The molecule has 0 N–H and O–H groups in total. The van der Waals surface area contributed by atoms with Gasteiger partial charge in [-0.3, -0.25) is 19.9 Å². The third kappa shape index (κ3) is 3.37. The van der Waals surface area contributed by atoms with Crippen molar-refractivity contribution >= 4 is 27.6 Å². The van der Waals surface area contributed by atoms with E-state index in [1.165, 1.54) is 0 Å². The first kappa shape index (κ1) is 18.9. The van der Waals surface area contributed by atoms with Crippen LogP contribution in [0, 0.1) is 20.8 Å². The summed E-state index contributed by atoms with van der Waals surface area (Å²) in [7, 11) is 0. The number of rotatable bonds is 3. The average molecular weight is 398 g/mol. The molecule has 151 valence electrons. The monoisotopic (exact) mass is 397 g/mol. The van der Waals surface area contributed by atoms with Crippen molar-refractivity contribution < 1.29 is 0 Å². The molecule has 1 aliphatic heterocycles. The van der Waals surface area contributed by atoms with Crippen LogP contribution < -0.4 is 4.90 Å². The predicted octanol–water partition coefficient (Wildman–Crippen LogP) is 3.89. The van der Waals surface area contributed by atoms with E-state index in [1.54, 1.807) is 0 Å². The molecule has 1 radical (unpaired) electrons. The zero-order chi connectivity index (χ0) is 20.7. The first-order chi connectivity index (χ1) is 14.6. The maximum atomic E-state index is 4.86. The fourth-order valence-electron chi connectivity index (χ4n) is 4.21. The van der Waals surface area contributed by atoms with Gasteiger partial charge >= 0.3 is 0 Å². The Morgan fingerprint density at radius 3 is 2.03 bits per heavy atom. The van der Waals surface area contributed by atoms with Crippen molar-refractivity contribution in [1.82, 2.24) is 24.8 Å². The van der Waals surface area contributed by atoms with Crippen molar-refractivity contribution in [2.75, 3.05) is 31.1 Å². The van der Waals surface area contributed by atoms with Crippen LogP contribution in [-0.2, 0) is 0 Å². The van der Waals surface area contributed by atoms with E-state index < -0.39 is 0 Å². The third-order valence-electron chi connectivity index (χ3n) is 6.06. The summed E-state index contributed by atoms with van der Waals surface area (Å²) in [5.74, 6) is 1.03. The summed E-state index contributed by atoms with van der Waals surface area (Å²) in [4.78, 5) is 23.2. The van der Waals surface area contributed by atoms with Crippen molar-refractivity contribution in [2.24, 2.45) is 0 Å². The Kier molecular flexibility index (Phi) is 4.79. The predicted molar refractivity (Wildman–Crippen MR) is 120 cm³/mol. The molecule has 5 heterocycles. The molecule has 0 aromatic carbocycles. The van der Waals surface area contributed by atoms with Gasteiger partial charge in [-0.25, -0.2) is 4.98 Å². The van der Waals surface area contributed by atoms with Gasteiger partial charge in [0.05, 0.1) is 22.8 Å². The van der Waals surface area contributed by atoms with Crippen LogP contribution >= 0.6 is 0 Å². The highest BCUT2D eigenvalue weighted by Gasteiger charge is 2.24. The third-order valence-corrected chi connectivity index (χ3v) is 6.06. The van der Waals surface area contributed by atoms with Crippen LogP contribution in [0.2, 0.25) is 0 Å². The first-order valence-corrected chi connectivity index (χ1v) is 10.4. The minimum Gasteiger partial charge on any atom is -0.354 e. The van der Waals surface area contributed by atoms with E-state index in [4.69, 9.17) is 9.97 Å². The van der Waals surface area contributed by atoms with Gasteiger partial charge in [-0.05, 0) is 57.2 Å². The molecular formula is C24H25N6. The molecule has 1 fully saturated rings. The van der Waals surface area contributed by atoms with E-state index in [2.05, 4.69) is 51.0 Å². The van der Waals surface area contributed by atoms with Crippen LogP contribution in [-0.4, -0.2) is 51.0 Å². The molecule has 0 aliphatic carbocycles. The standard InChI is InChI=1S/C24H25N6/c1-16-19-4-6-21(27-22(19)8-10-25-16)18(3)29-12-14-30(15-13-29)24-7-5-20-17(2)26-11-9-23(20)28-24/h4-11,18H,3,12-15H2,1-2H3. The lowest BCUT2D eigenvalue weighted by Crippen LogP contribution is -2.47. The van der Waals surface area contributed by atoms with Gasteiger partial charge in [0.15, 0.2) is 0 Å². The molecule has 30 heavy (non-hydrogen) atoms. The van der Waals surface area contributed by atoms with Crippen LogP contribution in [0.15, 0.2) is 48.8 Å². The lowest BCUT2D eigenvalue weighted by molar-refractivity contribution is 0.212. The number of pyridine rings is 4. The number of aryl methyl sites for hydroxylation is 2. The second-order valence-electron chi connectivity index (χ2n) is 7.87. The van der Waals surface area contributed by atoms with Crippen molar-refractivity contribution in [3.8, 4) is 0 Å². The lowest BCUT2D eigenvalue weighted by atomic mass is 10.1. The van der Waals surface area contributed by atoms with Gasteiger partial charge in [0.25, 0.3) is 0 Å². The Morgan fingerprint density at radius 1 is 0.767 bits per heavy atom. The molecule has 1 aliphatic rings. The molecule has 6 nitrogen and oxygen atoms in total. The smallest absolute Gasteiger partial charge is 0.129 e. The maximum Gasteiger partial charge on any atom is 0.129 e. The van der Waals surface area contributed by atoms with E-state index in [9.17, 15) is 0 Å². The summed E-state index contributed by atoms with van der Waals surface area (Å²) in [6, 6.07) is 12.4. The number of aromatic nitrogens is 4. The molecule has 5 rings (SSSR count). The molecular weight excluding hydrogens is 372 g/mol. The molecule has 0 amide bonds. The fourth-order valence-corrected chi connectivity index (χ4v) is 4.21. The van der Waals surface area contributed by atoms with Crippen LogP contribution in [0.4, 0.5) is 5.82 Å². The highest BCUT2D eigenvalue weighted by Crippen LogP contribution is 2.25. The van der Waals surface area contributed by atoms with Crippen molar-refractivity contribution in [2.45, 2.75) is 19.9 Å². The molecule has 0 saturated carbocycles. The molecule has 0 spiro atoms. The number of hydrogen-bond acceptors (Lipinski definition) is 6. The molecule has 4 aromatic heterocycles. The van der Waals surface area contributed by atoms with Gasteiger partial charge in [0.1, 0.15) is 5.82 Å². The van der Waals surface area contributed by atoms with Crippen LogP contribution in [0.25, 0.3) is 21.8 Å². The van der Waals surface area contributed by atoms with Gasteiger partial charge in [-0.1, -0.05) is 0 Å². The Bertz CT molecular complexity index is 1210. The molecule has 4 aromatic rings. The average Bonchev–Trinajstić information content (AvgIpc) is 2.78. The summed E-state index contributed by atoms with van der Waals surface area (Å²) in [6.45, 7) is 12.2. The maximum absolute atomic E-state index is 4.86. The zero-order valence-corrected chi connectivity index (χ0v) is 17.4. The van der Waals surface area contributed by atoms with Crippen LogP contribution in [0.3, 0.4) is 0 Å². The summed E-state index contributed by atoms with van der Waals surface area (Å²) >= 11 is 0. The fraction of sp³-hybridized carbons (Fsp3) is 0.292. The minimum absolute atomic E-state index is 0.0308. The Morgan fingerprint density at radius 2 is 1.37 bits per heavy atom. The second-order valence-corrected chi connectivity index (χ2v) is 7.87. The van der Waals surface area contributed by atoms with E-state index in [1.807, 2.05) is 38.4 Å². The Balaban J connectivity index is 1.31. The van der Waals surface area contributed by atoms with Gasteiger partial charge in [-0.15, -0.1) is 0 Å². The van der Waals surface area contributed by atoms with Crippen LogP contribution in [0.1, 0.15) is 23.1 Å². The molecule has 1 saturated heterocycles. The molecule has 1 unspecified atom stereocenters. The second kappa shape index (κ2) is 7.61. The van der Waals surface area contributed by atoms with Gasteiger partial charge < -0.3 is 4.90 Å². The SMILES string of the molecule is [CH2]C(c1ccc2c(C)nccc2n1)N1CCN(c2ccc3c(C)nccc3n2)CC1. The van der Waals surface area contributed by atoms with Crippen molar-refractivity contribution in [1.29, 1.82) is 0 Å². The highest BCUT2D eigenvalue weighted by molar-refractivity contribution is 5.82. The zero-order valence-electron chi connectivity index (χ0n) is 17.4. The lowest BCUT2D eigenvalue weighted by Gasteiger charge is -2.38. The molecule has 6 heteroatoms. The van der Waals surface area contributed by atoms with E-state index in [-0.39, 0.29) is 6.04 Å². The number of piperazine rings is 1. The van der Waals surface area contributed by atoms with Crippen molar-refractivity contribution in [3.63, 3.8) is 0 Å². The van der Waals surface area contributed by atoms with Gasteiger partial charge in [0, 0.05) is 60.7 Å². The minimum atomic E-state index is 0.0308. The molecule has 0 bridgehead atoms. The largest absolute Gasteiger partial charge is 0.354 e. The van der Waals surface area contributed by atoms with Gasteiger partial charge in [-0.2, -0.15) is 0 Å². The quantitative estimate of drug-likeness (QED) is 0.523. The normalized spacial score (nSPS) is 16.3. The highest BCUT2D eigenvalue weighted by atomic mass is 15.3. The summed E-state index contributed by atoms with van der Waals surface area (Å²) in [5, 5.41) is 2.22. The number of fused-ring (bicyclic) bond motifs is 2.